The van der Waals surface area contributed by atoms with E-state index in [-0.39, 0.29) is 22.3 Å². The Kier molecular flexibility index (Phi) is 4.56. The highest BCUT2D eigenvalue weighted by atomic mass is 35.5. The lowest BCUT2D eigenvalue weighted by atomic mass is 9.77. The van der Waals surface area contributed by atoms with Crippen molar-refractivity contribution in [2.75, 3.05) is 7.11 Å². The molecule has 0 aromatic heterocycles. The average Bonchev–Trinajstić information content (AvgIpc) is 2.56. The van der Waals surface area contributed by atoms with Crippen LogP contribution < -0.4 is 5.73 Å². The number of carbonyl (C=O) groups is 2. The van der Waals surface area contributed by atoms with Gasteiger partial charge in [0.25, 0.3) is 0 Å². The second-order valence-electron chi connectivity index (χ2n) is 5.56. The number of carbonyl (C=O) groups excluding carboxylic acids is 2. The van der Waals surface area contributed by atoms with E-state index in [0.29, 0.717) is 41.2 Å². The number of Topliss-reactive ketones (excluding diaryl/α,β-unsaturated/α-hetero) is 1. The molecule has 7 heteroatoms. The SMILES string of the molecule is COC(=O)C1=C(N)OC2=C(C(=O)CCC2)[C@H]1c1cccc(Cl)c1Cl. The molecule has 0 amide bonds. The van der Waals surface area contributed by atoms with Crippen molar-refractivity contribution in [3.63, 3.8) is 0 Å². The summed E-state index contributed by atoms with van der Waals surface area (Å²) in [7, 11) is 1.24. The summed E-state index contributed by atoms with van der Waals surface area (Å²) in [5.74, 6) is -1.10. The van der Waals surface area contributed by atoms with Crippen molar-refractivity contribution < 1.29 is 19.1 Å². The molecule has 0 unspecified atom stereocenters. The van der Waals surface area contributed by atoms with Gasteiger partial charge in [-0.3, -0.25) is 4.79 Å². The lowest BCUT2D eigenvalue weighted by Gasteiger charge is -2.32. The van der Waals surface area contributed by atoms with Gasteiger partial charge in [0.1, 0.15) is 11.3 Å². The van der Waals surface area contributed by atoms with E-state index in [2.05, 4.69) is 0 Å². The molecule has 1 heterocycles. The van der Waals surface area contributed by atoms with Gasteiger partial charge in [-0.2, -0.15) is 0 Å². The normalized spacial score (nSPS) is 20.6. The zero-order valence-electron chi connectivity index (χ0n) is 12.9. The van der Waals surface area contributed by atoms with Crippen LogP contribution in [0.1, 0.15) is 30.7 Å². The Bertz CT molecular complexity index is 798. The molecule has 126 valence electrons. The van der Waals surface area contributed by atoms with Crippen LogP contribution in [0.25, 0.3) is 0 Å². The molecule has 2 aliphatic rings. The van der Waals surface area contributed by atoms with Gasteiger partial charge in [-0.05, 0) is 18.1 Å². The third-order valence-electron chi connectivity index (χ3n) is 4.18. The number of methoxy groups -OCH3 is 1. The number of rotatable bonds is 2. The number of benzene rings is 1. The molecule has 1 aromatic rings. The van der Waals surface area contributed by atoms with Crippen LogP contribution in [0.4, 0.5) is 0 Å². The van der Waals surface area contributed by atoms with Gasteiger partial charge in [0, 0.05) is 18.4 Å². The van der Waals surface area contributed by atoms with Gasteiger partial charge in [0.15, 0.2) is 5.78 Å². The Labute approximate surface area is 149 Å². The molecule has 0 radical (unpaired) electrons. The van der Waals surface area contributed by atoms with Gasteiger partial charge in [0.2, 0.25) is 5.88 Å². The van der Waals surface area contributed by atoms with Crippen LogP contribution in [-0.2, 0) is 19.1 Å². The van der Waals surface area contributed by atoms with Gasteiger partial charge < -0.3 is 15.2 Å². The Morgan fingerprint density at radius 2 is 2.08 bits per heavy atom. The maximum atomic E-state index is 12.5. The van der Waals surface area contributed by atoms with Crippen LogP contribution in [0.5, 0.6) is 0 Å². The fourth-order valence-electron chi connectivity index (χ4n) is 3.12. The topological polar surface area (TPSA) is 78.6 Å². The number of halogens is 2. The minimum Gasteiger partial charge on any atom is -0.465 e. The number of ketones is 1. The Hall–Kier alpha value is -1.98. The van der Waals surface area contributed by atoms with Crippen molar-refractivity contribution in [1.82, 2.24) is 0 Å². The summed E-state index contributed by atoms with van der Waals surface area (Å²) >= 11 is 12.5. The highest BCUT2D eigenvalue weighted by Crippen LogP contribution is 2.46. The van der Waals surface area contributed by atoms with Gasteiger partial charge >= 0.3 is 5.97 Å². The van der Waals surface area contributed by atoms with Crippen molar-refractivity contribution >= 4 is 35.0 Å². The molecule has 1 aliphatic heterocycles. The first-order valence-electron chi connectivity index (χ1n) is 7.41. The highest BCUT2D eigenvalue weighted by molar-refractivity contribution is 6.42. The standard InChI is InChI=1S/C17H15Cl2NO4/c1-23-17(22)14-12(8-4-2-5-9(18)15(8)19)13-10(21)6-3-7-11(13)24-16(14)20/h2,4-5,12H,3,6-7,20H2,1H3/t12-/m1/s1. The summed E-state index contributed by atoms with van der Waals surface area (Å²) in [4.78, 5) is 24.8. The lowest BCUT2D eigenvalue weighted by Crippen LogP contribution is -2.31. The highest BCUT2D eigenvalue weighted by Gasteiger charge is 2.41. The third-order valence-corrected chi connectivity index (χ3v) is 5.02. The average molecular weight is 368 g/mol. The largest absolute Gasteiger partial charge is 0.465 e. The first kappa shape index (κ1) is 16.9. The van der Waals surface area contributed by atoms with Crippen LogP contribution >= 0.6 is 23.2 Å². The second kappa shape index (κ2) is 6.49. The molecule has 3 rings (SSSR count). The van der Waals surface area contributed by atoms with Crippen molar-refractivity contribution in [1.29, 1.82) is 0 Å². The fourth-order valence-corrected chi connectivity index (χ4v) is 3.54. The summed E-state index contributed by atoms with van der Waals surface area (Å²) in [6.07, 6.45) is 1.63. The first-order valence-corrected chi connectivity index (χ1v) is 8.17. The molecule has 5 nitrogen and oxygen atoms in total. The monoisotopic (exact) mass is 367 g/mol. The van der Waals surface area contributed by atoms with E-state index in [4.69, 9.17) is 38.4 Å². The van der Waals surface area contributed by atoms with E-state index in [9.17, 15) is 9.59 Å². The number of allylic oxidation sites excluding steroid dienone is 2. The zero-order chi connectivity index (χ0) is 17.4. The molecule has 0 spiro atoms. The van der Waals surface area contributed by atoms with E-state index in [1.165, 1.54) is 7.11 Å². The molecular weight excluding hydrogens is 353 g/mol. The Morgan fingerprint density at radius 3 is 2.79 bits per heavy atom. The molecule has 0 bridgehead atoms. The van der Waals surface area contributed by atoms with Crippen LogP contribution in [0.2, 0.25) is 10.0 Å². The molecule has 24 heavy (non-hydrogen) atoms. The first-order chi connectivity index (χ1) is 11.5. The van der Waals surface area contributed by atoms with Gasteiger partial charge in [0.05, 0.1) is 23.1 Å². The Morgan fingerprint density at radius 1 is 1.33 bits per heavy atom. The van der Waals surface area contributed by atoms with Crippen molar-refractivity contribution in [3.05, 3.63) is 56.6 Å². The minimum absolute atomic E-state index is 0.0654. The second-order valence-corrected chi connectivity index (χ2v) is 6.35. The van der Waals surface area contributed by atoms with E-state index >= 15 is 0 Å². The van der Waals surface area contributed by atoms with Crippen LogP contribution in [0.15, 0.2) is 41.0 Å². The summed E-state index contributed by atoms with van der Waals surface area (Å²) < 4.78 is 10.4. The molecule has 0 saturated carbocycles. The predicted molar refractivity (Wildman–Crippen MR) is 89.4 cm³/mol. The van der Waals surface area contributed by atoms with Crippen molar-refractivity contribution in [2.24, 2.45) is 5.73 Å². The summed E-state index contributed by atoms with van der Waals surface area (Å²) in [5, 5.41) is 0.597. The van der Waals surface area contributed by atoms with E-state index < -0.39 is 11.9 Å². The van der Waals surface area contributed by atoms with Crippen LogP contribution in [0.3, 0.4) is 0 Å². The van der Waals surface area contributed by atoms with Crippen molar-refractivity contribution in [2.45, 2.75) is 25.2 Å². The van der Waals surface area contributed by atoms with Crippen LogP contribution in [-0.4, -0.2) is 18.9 Å². The maximum absolute atomic E-state index is 12.5. The van der Waals surface area contributed by atoms with Gasteiger partial charge in [-0.1, -0.05) is 35.3 Å². The Balaban J connectivity index is 2.26. The fraction of sp³-hybridized carbons (Fsp3) is 0.294. The number of esters is 1. The predicted octanol–water partition coefficient (Wildman–Crippen LogP) is 3.46. The van der Waals surface area contributed by atoms with Crippen LogP contribution in [0, 0.1) is 0 Å². The molecule has 1 atom stereocenters. The molecule has 0 saturated heterocycles. The van der Waals surface area contributed by atoms with E-state index in [0.717, 1.165) is 0 Å². The number of hydrogen-bond donors (Lipinski definition) is 1. The number of nitrogens with two attached hydrogens (primary N) is 1. The van der Waals surface area contributed by atoms with E-state index in [1.54, 1.807) is 18.2 Å². The maximum Gasteiger partial charge on any atom is 0.340 e. The minimum atomic E-state index is -0.750. The zero-order valence-corrected chi connectivity index (χ0v) is 14.4. The smallest absolute Gasteiger partial charge is 0.340 e. The number of hydrogen-bond acceptors (Lipinski definition) is 5. The van der Waals surface area contributed by atoms with E-state index in [1.807, 2.05) is 0 Å². The summed E-state index contributed by atoms with van der Waals surface area (Å²) in [6.45, 7) is 0. The molecular formula is C17H15Cl2NO4. The number of ether oxygens (including phenoxy) is 2. The van der Waals surface area contributed by atoms with Gasteiger partial charge in [-0.15, -0.1) is 0 Å². The molecule has 2 N–H and O–H groups in total. The lowest BCUT2D eigenvalue weighted by molar-refractivity contribution is -0.136. The molecule has 0 fully saturated rings. The summed E-state index contributed by atoms with van der Waals surface area (Å²) in [6, 6.07) is 5.06. The molecule has 1 aliphatic carbocycles. The van der Waals surface area contributed by atoms with Gasteiger partial charge in [-0.25, -0.2) is 4.79 Å². The quantitative estimate of drug-likeness (QED) is 0.809. The molecule has 1 aromatic carbocycles. The van der Waals surface area contributed by atoms with Crippen molar-refractivity contribution in [3.8, 4) is 0 Å². The summed E-state index contributed by atoms with van der Waals surface area (Å²) in [5.41, 5.74) is 6.95. The third kappa shape index (κ3) is 2.68.